The Morgan fingerprint density at radius 3 is 2.74 bits per heavy atom. The summed E-state index contributed by atoms with van der Waals surface area (Å²) in [6.07, 6.45) is 5.99. The van der Waals surface area contributed by atoms with Crippen molar-refractivity contribution in [3.05, 3.63) is 83.6 Å². The van der Waals surface area contributed by atoms with Gasteiger partial charge in [0.05, 0.1) is 11.8 Å². The van der Waals surface area contributed by atoms with E-state index in [1.165, 1.54) is 5.56 Å². The number of fused-ring (bicyclic) bond motifs is 1. The van der Waals surface area contributed by atoms with Gasteiger partial charge in [-0.2, -0.15) is 0 Å². The molecule has 39 heavy (non-hydrogen) atoms. The van der Waals surface area contributed by atoms with Gasteiger partial charge >= 0.3 is 5.97 Å². The number of likely N-dealkylation sites (tertiary alicyclic amines) is 1. The number of carboxylic acid groups (broad SMARTS) is 1. The van der Waals surface area contributed by atoms with E-state index in [9.17, 15) is 14.7 Å². The minimum Gasteiger partial charge on any atom is -0.481 e. The first-order valence-electron chi connectivity index (χ1n) is 14.2. The largest absolute Gasteiger partial charge is 0.481 e. The number of hydrogen-bond acceptors (Lipinski definition) is 5. The number of hydrogen-bond donors (Lipinski definition) is 3. The van der Waals surface area contributed by atoms with Crippen LogP contribution in [-0.2, 0) is 22.4 Å². The van der Waals surface area contributed by atoms with Gasteiger partial charge in [0.15, 0.2) is 0 Å². The lowest BCUT2D eigenvalue weighted by Crippen LogP contribution is -2.44. The molecule has 1 saturated heterocycles. The summed E-state index contributed by atoms with van der Waals surface area (Å²) in [7, 11) is 0. The maximum atomic E-state index is 13.1. The minimum absolute atomic E-state index is 0.0485. The number of pyridine rings is 1. The highest BCUT2D eigenvalue weighted by atomic mass is 16.4. The zero-order valence-electron chi connectivity index (χ0n) is 22.4. The van der Waals surface area contributed by atoms with E-state index < -0.39 is 11.9 Å². The summed E-state index contributed by atoms with van der Waals surface area (Å²) in [5, 5.41) is 16.3. The summed E-state index contributed by atoms with van der Waals surface area (Å²) in [6, 6.07) is 21.8. The summed E-state index contributed by atoms with van der Waals surface area (Å²) < 4.78 is 0. The Morgan fingerprint density at radius 1 is 1.05 bits per heavy atom. The Balaban J connectivity index is 1.12. The van der Waals surface area contributed by atoms with Gasteiger partial charge in [0.2, 0.25) is 5.91 Å². The van der Waals surface area contributed by atoms with Crippen molar-refractivity contribution < 1.29 is 14.7 Å². The average molecular weight is 527 g/mol. The number of carboxylic acids is 1. The van der Waals surface area contributed by atoms with Gasteiger partial charge in [0, 0.05) is 25.3 Å². The molecule has 0 radical (unpaired) electrons. The molecule has 3 N–H and O–H groups in total. The third-order valence-electron chi connectivity index (χ3n) is 7.91. The molecule has 1 amide bonds. The van der Waals surface area contributed by atoms with Crippen LogP contribution in [-0.4, -0.2) is 59.6 Å². The molecule has 1 aromatic heterocycles. The lowest BCUT2D eigenvalue weighted by molar-refractivity contribution is -0.138. The number of carbonyl (C=O) groups excluding carboxylic acids is 1. The van der Waals surface area contributed by atoms with E-state index in [4.69, 9.17) is 4.98 Å². The maximum Gasteiger partial charge on any atom is 0.312 e. The fourth-order valence-corrected chi connectivity index (χ4v) is 5.72. The SMILES string of the molecule is O=C(NC[C@H](C(=O)O)c1cccc(-c2ccccc2)c1)[C@@H]1CCCN(CCCc2ccc3c(n2)NCCC3)C1. The van der Waals surface area contributed by atoms with Crippen molar-refractivity contribution in [1.29, 1.82) is 0 Å². The van der Waals surface area contributed by atoms with Gasteiger partial charge in [-0.15, -0.1) is 0 Å². The normalized spacial score (nSPS) is 18.0. The van der Waals surface area contributed by atoms with E-state index >= 15 is 0 Å². The van der Waals surface area contributed by atoms with Crippen LogP contribution in [0.2, 0.25) is 0 Å². The zero-order valence-corrected chi connectivity index (χ0v) is 22.4. The topological polar surface area (TPSA) is 94.6 Å². The van der Waals surface area contributed by atoms with Crippen molar-refractivity contribution in [3.63, 3.8) is 0 Å². The van der Waals surface area contributed by atoms with Crippen molar-refractivity contribution in [2.45, 2.75) is 44.4 Å². The van der Waals surface area contributed by atoms with Gasteiger partial charge in [0.25, 0.3) is 0 Å². The molecule has 2 aliphatic rings. The summed E-state index contributed by atoms with van der Waals surface area (Å²) in [5.41, 5.74) is 5.12. The van der Waals surface area contributed by atoms with Crippen LogP contribution < -0.4 is 10.6 Å². The number of piperidine rings is 1. The predicted molar refractivity (Wildman–Crippen MR) is 154 cm³/mol. The van der Waals surface area contributed by atoms with Crippen LogP contribution in [0.25, 0.3) is 11.1 Å². The third-order valence-corrected chi connectivity index (χ3v) is 7.91. The van der Waals surface area contributed by atoms with Gasteiger partial charge in [-0.3, -0.25) is 9.59 Å². The molecular formula is C32H38N4O3. The second kappa shape index (κ2) is 12.9. The van der Waals surface area contributed by atoms with Crippen molar-refractivity contribution in [2.24, 2.45) is 5.92 Å². The van der Waals surface area contributed by atoms with Crippen molar-refractivity contribution in [2.75, 3.05) is 38.0 Å². The fourth-order valence-electron chi connectivity index (χ4n) is 5.72. The van der Waals surface area contributed by atoms with Gasteiger partial charge < -0.3 is 20.6 Å². The highest BCUT2D eigenvalue weighted by molar-refractivity contribution is 5.82. The molecule has 2 aliphatic heterocycles. The lowest BCUT2D eigenvalue weighted by Gasteiger charge is -2.32. The molecule has 204 valence electrons. The smallest absolute Gasteiger partial charge is 0.312 e. The molecule has 7 nitrogen and oxygen atoms in total. The maximum absolute atomic E-state index is 13.1. The number of carbonyl (C=O) groups is 2. The average Bonchev–Trinajstić information content (AvgIpc) is 2.98. The van der Waals surface area contributed by atoms with Crippen LogP contribution in [0.5, 0.6) is 0 Å². The molecule has 3 aromatic rings. The van der Waals surface area contributed by atoms with Gasteiger partial charge in [0.1, 0.15) is 5.82 Å². The zero-order chi connectivity index (χ0) is 27.0. The molecule has 0 bridgehead atoms. The Kier molecular flexibility index (Phi) is 8.89. The molecule has 2 aromatic carbocycles. The van der Waals surface area contributed by atoms with Crippen LogP contribution >= 0.6 is 0 Å². The summed E-state index contributed by atoms with van der Waals surface area (Å²) in [4.78, 5) is 32.4. The number of amides is 1. The van der Waals surface area contributed by atoms with E-state index in [-0.39, 0.29) is 18.4 Å². The molecular weight excluding hydrogens is 488 g/mol. The van der Waals surface area contributed by atoms with E-state index in [1.807, 2.05) is 54.6 Å². The predicted octanol–water partition coefficient (Wildman–Crippen LogP) is 4.74. The monoisotopic (exact) mass is 526 g/mol. The molecule has 1 fully saturated rings. The molecule has 3 heterocycles. The van der Waals surface area contributed by atoms with Crippen molar-refractivity contribution in [1.82, 2.24) is 15.2 Å². The number of anilines is 1. The first-order chi connectivity index (χ1) is 19.1. The molecule has 5 rings (SSSR count). The van der Waals surface area contributed by atoms with Crippen LogP contribution in [0.3, 0.4) is 0 Å². The molecule has 0 aliphatic carbocycles. The lowest BCUT2D eigenvalue weighted by atomic mass is 9.93. The minimum atomic E-state index is -0.934. The number of aryl methyl sites for hydroxylation is 2. The standard InChI is InChI=1S/C32H38N4O3/c37-31(34-21-29(32(38)39)26-11-4-10-25(20-26)23-8-2-1-3-9-23)27-13-6-18-36(22-27)19-7-14-28-16-15-24-12-5-17-33-30(24)35-28/h1-4,8-11,15-16,20,27,29H,5-7,12-14,17-19,21-22H2,(H,33,35)(H,34,37)(H,38,39)/t27-,29+/m1/s1. The van der Waals surface area contributed by atoms with Gasteiger partial charge in [-0.25, -0.2) is 4.98 Å². The highest BCUT2D eigenvalue weighted by Crippen LogP contribution is 2.25. The Labute approximate surface area is 230 Å². The highest BCUT2D eigenvalue weighted by Gasteiger charge is 2.28. The summed E-state index contributed by atoms with van der Waals surface area (Å²) >= 11 is 0. The molecule has 0 unspecified atom stereocenters. The first kappa shape index (κ1) is 26.9. The van der Waals surface area contributed by atoms with E-state index in [0.717, 1.165) is 80.8 Å². The van der Waals surface area contributed by atoms with E-state index in [1.54, 1.807) is 0 Å². The van der Waals surface area contributed by atoms with E-state index in [2.05, 4.69) is 27.7 Å². The Hall–Kier alpha value is -3.71. The van der Waals surface area contributed by atoms with E-state index in [0.29, 0.717) is 12.1 Å². The Morgan fingerprint density at radius 2 is 1.90 bits per heavy atom. The molecule has 0 saturated carbocycles. The number of nitrogens with one attached hydrogen (secondary N) is 2. The number of nitrogens with zero attached hydrogens (tertiary/aromatic N) is 2. The number of aromatic nitrogens is 1. The van der Waals surface area contributed by atoms with Gasteiger partial charge in [-0.05, 0) is 79.9 Å². The van der Waals surface area contributed by atoms with Crippen LogP contribution in [0.15, 0.2) is 66.7 Å². The second-order valence-corrected chi connectivity index (χ2v) is 10.7. The first-order valence-corrected chi connectivity index (χ1v) is 14.2. The van der Waals surface area contributed by atoms with Crippen LogP contribution in [0.4, 0.5) is 5.82 Å². The Bertz CT molecular complexity index is 1280. The fraction of sp³-hybridized carbons (Fsp3) is 0.406. The molecule has 2 atom stereocenters. The number of benzene rings is 2. The quantitative estimate of drug-likeness (QED) is 0.353. The summed E-state index contributed by atoms with van der Waals surface area (Å²) in [5.74, 6) is -0.852. The summed E-state index contributed by atoms with van der Waals surface area (Å²) in [6.45, 7) is 3.72. The van der Waals surface area contributed by atoms with Crippen LogP contribution in [0.1, 0.15) is 48.4 Å². The van der Waals surface area contributed by atoms with Crippen molar-refractivity contribution >= 4 is 17.7 Å². The third kappa shape index (κ3) is 7.03. The number of aliphatic carboxylic acids is 1. The molecule has 7 heteroatoms. The van der Waals surface area contributed by atoms with Crippen molar-refractivity contribution in [3.8, 4) is 11.1 Å². The second-order valence-electron chi connectivity index (χ2n) is 10.7. The van der Waals surface area contributed by atoms with Crippen LogP contribution in [0, 0.1) is 5.92 Å². The van der Waals surface area contributed by atoms with Gasteiger partial charge in [-0.1, -0.05) is 60.7 Å². The molecule has 0 spiro atoms. The number of rotatable bonds is 10.